The van der Waals surface area contributed by atoms with Gasteiger partial charge in [-0.1, -0.05) is 24.3 Å². The van der Waals surface area contributed by atoms with E-state index >= 15 is 0 Å². The average molecular weight is 295 g/mol. The van der Waals surface area contributed by atoms with E-state index in [2.05, 4.69) is 59.1 Å². The number of carbonyl (C=O) groups is 1. The summed E-state index contributed by atoms with van der Waals surface area (Å²) in [6.07, 6.45) is 2.92. The smallest absolute Gasteiger partial charge is 0.240 e. The Morgan fingerprint density at radius 1 is 1.05 bits per heavy atom. The van der Waals surface area contributed by atoms with Crippen LogP contribution in [0.2, 0.25) is 0 Å². The van der Waals surface area contributed by atoms with Crippen molar-refractivity contribution in [3.8, 4) is 0 Å². The molecule has 2 aliphatic rings. The highest BCUT2D eigenvalue weighted by Gasteiger charge is 2.33. The van der Waals surface area contributed by atoms with E-state index in [-0.39, 0.29) is 11.9 Å². The molecule has 2 aromatic rings. The van der Waals surface area contributed by atoms with Crippen molar-refractivity contribution in [2.75, 3.05) is 13.6 Å². The highest BCUT2D eigenvalue weighted by Crippen LogP contribution is 2.24. The predicted octanol–water partition coefficient (Wildman–Crippen LogP) is 1.89. The molecule has 3 heterocycles. The number of likely N-dealkylation sites (N-methyl/N-ethyl adjacent to an activating group) is 1. The lowest BCUT2D eigenvalue weighted by atomic mass is 9.93. The number of benzene rings is 1. The molecule has 0 fully saturated rings. The zero-order chi connectivity index (χ0) is 15.1. The van der Waals surface area contributed by atoms with Crippen LogP contribution >= 0.6 is 0 Å². The van der Waals surface area contributed by atoms with Crippen molar-refractivity contribution in [3.05, 3.63) is 59.4 Å². The summed E-state index contributed by atoms with van der Waals surface area (Å²) in [5.41, 5.74) is 3.90. The SMILES string of the molecule is CN1Cc2ccccc2C[C@@H]1C(=O)N1CCn2cccc2C1. The van der Waals surface area contributed by atoms with Crippen LogP contribution in [0, 0.1) is 0 Å². The first-order valence-electron chi connectivity index (χ1n) is 7.92. The van der Waals surface area contributed by atoms with Gasteiger partial charge < -0.3 is 9.47 Å². The van der Waals surface area contributed by atoms with Gasteiger partial charge in [-0.05, 0) is 36.7 Å². The van der Waals surface area contributed by atoms with Crippen molar-refractivity contribution < 1.29 is 4.79 Å². The summed E-state index contributed by atoms with van der Waals surface area (Å²) in [7, 11) is 2.06. The van der Waals surface area contributed by atoms with Crippen LogP contribution in [0.15, 0.2) is 42.6 Å². The number of rotatable bonds is 1. The highest BCUT2D eigenvalue weighted by atomic mass is 16.2. The number of nitrogens with zero attached hydrogens (tertiary/aromatic N) is 3. The molecule has 22 heavy (non-hydrogen) atoms. The Labute approximate surface area is 130 Å². The van der Waals surface area contributed by atoms with E-state index in [0.29, 0.717) is 0 Å². The van der Waals surface area contributed by atoms with E-state index in [1.807, 2.05) is 4.90 Å². The van der Waals surface area contributed by atoms with Gasteiger partial charge in [0.05, 0.1) is 12.6 Å². The van der Waals surface area contributed by atoms with E-state index in [9.17, 15) is 4.79 Å². The van der Waals surface area contributed by atoms with Gasteiger partial charge in [0.15, 0.2) is 0 Å². The van der Waals surface area contributed by atoms with Crippen LogP contribution in [0.5, 0.6) is 0 Å². The van der Waals surface area contributed by atoms with Crippen LogP contribution in [-0.4, -0.2) is 39.9 Å². The van der Waals surface area contributed by atoms with Crippen LogP contribution in [0.3, 0.4) is 0 Å². The van der Waals surface area contributed by atoms with Crippen LogP contribution in [-0.2, 0) is 30.8 Å². The van der Waals surface area contributed by atoms with Gasteiger partial charge in [-0.3, -0.25) is 9.69 Å². The minimum atomic E-state index is -0.0311. The molecule has 1 amide bonds. The van der Waals surface area contributed by atoms with Crippen molar-refractivity contribution in [1.82, 2.24) is 14.4 Å². The summed E-state index contributed by atoms with van der Waals surface area (Å²) in [4.78, 5) is 17.2. The number of aromatic nitrogens is 1. The molecule has 0 aliphatic carbocycles. The molecule has 0 radical (unpaired) electrons. The second-order valence-corrected chi connectivity index (χ2v) is 6.36. The van der Waals surface area contributed by atoms with Crippen molar-refractivity contribution in [2.24, 2.45) is 0 Å². The van der Waals surface area contributed by atoms with Gasteiger partial charge in [-0.25, -0.2) is 0 Å². The molecule has 2 aliphatic heterocycles. The summed E-state index contributed by atoms with van der Waals surface area (Å²) in [5, 5.41) is 0. The zero-order valence-corrected chi connectivity index (χ0v) is 12.9. The highest BCUT2D eigenvalue weighted by molar-refractivity contribution is 5.82. The van der Waals surface area contributed by atoms with Crippen molar-refractivity contribution in [1.29, 1.82) is 0 Å². The summed E-state index contributed by atoms with van der Waals surface area (Å²) < 4.78 is 2.24. The Kier molecular flexibility index (Phi) is 3.26. The summed E-state index contributed by atoms with van der Waals surface area (Å²) in [5.74, 6) is 0.268. The first-order chi connectivity index (χ1) is 10.7. The normalized spacial score (nSPS) is 21.3. The third kappa shape index (κ3) is 2.24. The molecule has 0 N–H and O–H groups in total. The van der Waals surface area contributed by atoms with Gasteiger partial charge in [0, 0.05) is 31.5 Å². The number of amides is 1. The summed E-state index contributed by atoms with van der Waals surface area (Å²) >= 11 is 0. The van der Waals surface area contributed by atoms with Crippen LogP contribution in [0.25, 0.3) is 0 Å². The number of carbonyl (C=O) groups excluding carboxylic acids is 1. The molecule has 0 spiro atoms. The molecule has 0 unspecified atom stereocenters. The standard InChI is InChI=1S/C18H21N3O/c1-19-12-15-6-3-2-5-14(15)11-17(19)18(22)21-10-9-20-8-4-7-16(20)13-21/h2-8,17H,9-13H2,1H3/t17-/m1/s1. The minimum absolute atomic E-state index is 0.0311. The summed E-state index contributed by atoms with van der Waals surface area (Å²) in [6, 6.07) is 12.6. The lowest BCUT2D eigenvalue weighted by Gasteiger charge is -2.38. The Hall–Kier alpha value is -2.07. The molecule has 1 aromatic heterocycles. The largest absolute Gasteiger partial charge is 0.348 e. The predicted molar refractivity (Wildman–Crippen MR) is 85.3 cm³/mol. The van der Waals surface area contributed by atoms with Crippen LogP contribution in [0.4, 0.5) is 0 Å². The van der Waals surface area contributed by atoms with E-state index < -0.39 is 0 Å². The number of fused-ring (bicyclic) bond motifs is 2. The van der Waals surface area contributed by atoms with Crippen molar-refractivity contribution in [3.63, 3.8) is 0 Å². The third-order valence-electron chi connectivity index (χ3n) is 4.97. The van der Waals surface area contributed by atoms with Gasteiger partial charge in [0.1, 0.15) is 0 Å². The molecule has 1 aromatic carbocycles. The Morgan fingerprint density at radius 2 is 1.86 bits per heavy atom. The Balaban J connectivity index is 1.54. The Morgan fingerprint density at radius 3 is 2.73 bits per heavy atom. The molecule has 0 saturated carbocycles. The second-order valence-electron chi connectivity index (χ2n) is 6.36. The molecule has 0 saturated heterocycles. The zero-order valence-electron chi connectivity index (χ0n) is 12.9. The average Bonchev–Trinajstić information content (AvgIpc) is 3.01. The minimum Gasteiger partial charge on any atom is -0.348 e. The monoisotopic (exact) mass is 295 g/mol. The lowest BCUT2D eigenvalue weighted by molar-refractivity contribution is -0.138. The first kappa shape index (κ1) is 13.6. The van der Waals surface area contributed by atoms with E-state index in [0.717, 1.165) is 32.6 Å². The van der Waals surface area contributed by atoms with Crippen LogP contribution < -0.4 is 0 Å². The lowest BCUT2D eigenvalue weighted by Crippen LogP contribution is -2.51. The number of hydrogen-bond acceptors (Lipinski definition) is 2. The molecule has 4 nitrogen and oxygen atoms in total. The molecule has 114 valence electrons. The van der Waals surface area contributed by atoms with E-state index in [1.54, 1.807) is 0 Å². The van der Waals surface area contributed by atoms with Gasteiger partial charge >= 0.3 is 0 Å². The van der Waals surface area contributed by atoms with Gasteiger partial charge in [-0.2, -0.15) is 0 Å². The third-order valence-corrected chi connectivity index (χ3v) is 4.97. The van der Waals surface area contributed by atoms with Gasteiger partial charge in [0.2, 0.25) is 5.91 Å². The van der Waals surface area contributed by atoms with Crippen molar-refractivity contribution in [2.45, 2.75) is 32.1 Å². The first-order valence-corrected chi connectivity index (χ1v) is 7.92. The maximum Gasteiger partial charge on any atom is 0.240 e. The van der Waals surface area contributed by atoms with E-state index in [4.69, 9.17) is 0 Å². The molecule has 4 heteroatoms. The number of hydrogen-bond donors (Lipinski definition) is 0. The fourth-order valence-corrected chi connectivity index (χ4v) is 3.64. The van der Waals surface area contributed by atoms with Crippen molar-refractivity contribution >= 4 is 5.91 Å². The van der Waals surface area contributed by atoms with Crippen LogP contribution in [0.1, 0.15) is 16.8 Å². The second kappa shape index (κ2) is 5.29. The molecule has 1 atom stereocenters. The fraction of sp³-hybridized carbons (Fsp3) is 0.389. The Bertz CT molecular complexity index is 706. The molecular formula is C18H21N3O. The summed E-state index contributed by atoms with van der Waals surface area (Å²) in [6.45, 7) is 3.31. The fourth-order valence-electron chi connectivity index (χ4n) is 3.64. The van der Waals surface area contributed by atoms with E-state index in [1.165, 1.54) is 16.8 Å². The maximum atomic E-state index is 13.0. The van der Waals surface area contributed by atoms with Gasteiger partial charge in [0.25, 0.3) is 0 Å². The molecule has 0 bridgehead atoms. The molecule has 4 rings (SSSR count). The molecular weight excluding hydrogens is 274 g/mol. The van der Waals surface area contributed by atoms with Gasteiger partial charge in [-0.15, -0.1) is 0 Å². The quantitative estimate of drug-likeness (QED) is 0.804. The topological polar surface area (TPSA) is 28.5 Å². The maximum absolute atomic E-state index is 13.0.